The summed E-state index contributed by atoms with van der Waals surface area (Å²) in [5.41, 5.74) is 2.30. The molecule has 2 aromatic rings. The summed E-state index contributed by atoms with van der Waals surface area (Å²) < 4.78 is 31.4. The normalized spacial score (nSPS) is 11.7. The second-order valence-electron chi connectivity index (χ2n) is 7.02. The number of rotatable bonds is 12. The molecule has 160 valence electrons. The number of ether oxygens (including phenoxy) is 1. The summed E-state index contributed by atoms with van der Waals surface area (Å²) in [6.45, 7) is 4.70. The molecule has 5 nitrogen and oxygen atoms in total. The van der Waals surface area contributed by atoms with Gasteiger partial charge in [-0.2, -0.15) is 4.31 Å². The van der Waals surface area contributed by atoms with E-state index in [9.17, 15) is 13.2 Å². The molecule has 0 aliphatic carbocycles. The number of aryl methyl sites for hydroxylation is 2. The molecule has 0 saturated heterocycles. The van der Waals surface area contributed by atoms with Gasteiger partial charge in [0.15, 0.2) is 0 Å². The van der Waals surface area contributed by atoms with Crippen LogP contribution in [-0.2, 0) is 34.1 Å². The highest BCUT2D eigenvalue weighted by Crippen LogP contribution is 2.20. The topological polar surface area (TPSA) is 63.7 Å². The number of carbonyl (C=O) groups is 1. The number of hydrogen-bond donors (Lipinski definition) is 0. The average Bonchev–Trinajstić information content (AvgIpc) is 3.20. The average molecular weight is 438 g/mol. The van der Waals surface area contributed by atoms with Crippen LogP contribution < -0.4 is 0 Å². The number of esters is 1. The molecule has 0 fully saturated rings. The van der Waals surface area contributed by atoms with Gasteiger partial charge in [0.1, 0.15) is 4.88 Å². The maximum absolute atomic E-state index is 12.6. The summed E-state index contributed by atoms with van der Waals surface area (Å²) in [5.74, 6) is -0.244. The van der Waals surface area contributed by atoms with E-state index in [0.717, 1.165) is 36.1 Å². The summed E-state index contributed by atoms with van der Waals surface area (Å²) in [5, 5.41) is 0. The van der Waals surface area contributed by atoms with Crippen LogP contribution in [0.2, 0.25) is 0 Å². The third-order valence-electron chi connectivity index (χ3n) is 4.84. The number of thiophene rings is 1. The van der Waals surface area contributed by atoms with Crippen LogP contribution in [0.25, 0.3) is 0 Å². The largest absolute Gasteiger partial charge is 0.465 e. The first-order valence-corrected chi connectivity index (χ1v) is 12.5. The van der Waals surface area contributed by atoms with E-state index in [2.05, 4.69) is 19.1 Å². The molecule has 1 heterocycles. The van der Waals surface area contributed by atoms with Crippen LogP contribution >= 0.6 is 11.3 Å². The van der Waals surface area contributed by atoms with Crippen molar-refractivity contribution in [3.8, 4) is 0 Å². The van der Waals surface area contributed by atoms with Gasteiger partial charge < -0.3 is 4.74 Å². The first-order valence-electron chi connectivity index (χ1n) is 10.1. The first-order chi connectivity index (χ1) is 13.9. The molecule has 2 rings (SSSR count). The Labute approximate surface area is 178 Å². The van der Waals surface area contributed by atoms with Crippen LogP contribution in [0.5, 0.6) is 0 Å². The Balaban J connectivity index is 1.98. The van der Waals surface area contributed by atoms with E-state index in [-0.39, 0.29) is 11.7 Å². The minimum Gasteiger partial charge on any atom is -0.465 e. The van der Waals surface area contributed by atoms with Gasteiger partial charge in [0.2, 0.25) is 10.0 Å². The van der Waals surface area contributed by atoms with E-state index in [4.69, 9.17) is 4.74 Å². The second kappa shape index (κ2) is 11.5. The second-order valence-corrected chi connectivity index (χ2v) is 10.4. The molecular formula is C22H31NO4S2. The molecule has 0 aliphatic heterocycles. The minimum absolute atomic E-state index is 0.0904. The quantitative estimate of drug-likeness (QED) is 0.453. The Bertz CT molecular complexity index is 872. The summed E-state index contributed by atoms with van der Waals surface area (Å²) >= 11 is 1.40. The molecule has 0 amide bonds. The highest BCUT2D eigenvalue weighted by Gasteiger charge is 2.20. The van der Waals surface area contributed by atoms with Crippen molar-refractivity contribution >= 4 is 27.3 Å². The van der Waals surface area contributed by atoms with Crippen molar-refractivity contribution in [1.82, 2.24) is 4.31 Å². The lowest BCUT2D eigenvalue weighted by Gasteiger charge is -2.21. The van der Waals surface area contributed by atoms with Gasteiger partial charge in [-0.25, -0.2) is 13.2 Å². The number of sulfonamides is 1. The van der Waals surface area contributed by atoms with Gasteiger partial charge in [0.25, 0.3) is 0 Å². The number of hydrogen-bond acceptors (Lipinski definition) is 5. The van der Waals surface area contributed by atoms with Gasteiger partial charge in [-0.05, 0) is 55.9 Å². The zero-order chi connectivity index (χ0) is 21.3. The lowest BCUT2D eigenvalue weighted by atomic mass is 10.1. The fourth-order valence-electron chi connectivity index (χ4n) is 3.05. The van der Waals surface area contributed by atoms with Gasteiger partial charge in [-0.15, -0.1) is 11.3 Å². The van der Waals surface area contributed by atoms with E-state index in [1.807, 2.05) is 18.2 Å². The third kappa shape index (κ3) is 7.24. The Kier molecular flexibility index (Phi) is 9.33. The monoisotopic (exact) mass is 437 g/mol. The summed E-state index contributed by atoms with van der Waals surface area (Å²) in [6.07, 6.45) is 4.82. The van der Waals surface area contributed by atoms with Gasteiger partial charge in [0.05, 0.1) is 12.9 Å². The van der Waals surface area contributed by atoms with Crippen LogP contribution in [0, 0.1) is 0 Å². The molecule has 1 aromatic heterocycles. The van der Waals surface area contributed by atoms with Crippen LogP contribution in [0.15, 0.2) is 36.4 Å². The lowest BCUT2D eigenvalue weighted by molar-refractivity contribution is 0.0606. The third-order valence-corrected chi connectivity index (χ3v) is 7.79. The fourth-order valence-corrected chi connectivity index (χ4v) is 5.13. The minimum atomic E-state index is -3.29. The van der Waals surface area contributed by atoms with Gasteiger partial charge in [-0.3, -0.25) is 0 Å². The fraction of sp³-hybridized carbons (Fsp3) is 0.500. The molecule has 0 radical (unpaired) electrons. The van der Waals surface area contributed by atoms with Crippen molar-refractivity contribution in [1.29, 1.82) is 0 Å². The highest BCUT2D eigenvalue weighted by molar-refractivity contribution is 7.89. The van der Waals surface area contributed by atoms with E-state index in [0.29, 0.717) is 24.4 Å². The van der Waals surface area contributed by atoms with Gasteiger partial charge in [0, 0.05) is 18.0 Å². The zero-order valence-corrected chi connectivity index (χ0v) is 19.2. The first kappa shape index (κ1) is 23.6. The molecule has 0 N–H and O–H groups in total. The smallest absolute Gasteiger partial charge is 0.348 e. The Morgan fingerprint density at radius 1 is 1.00 bits per heavy atom. The van der Waals surface area contributed by atoms with Crippen molar-refractivity contribution in [3.05, 3.63) is 57.3 Å². The molecular weight excluding hydrogens is 406 g/mol. The standard InChI is InChI=1S/C22H31NO4S2/c1-4-6-8-18-10-12-19(13-11-18)17-23(29(25,26)5-2)16-7-9-20-14-15-21(28-20)22(24)27-3/h10-15H,4-9,16-17H2,1-3H3. The van der Waals surface area contributed by atoms with Crippen LogP contribution in [0.3, 0.4) is 0 Å². The number of unbranched alkanes of at least 4 members (excludes halogenated alkanes) is 1. The van der Waals surface area contributed by atoms with E-state index in [1.165, 1.54) is 24.0 Å². The lowest BCUT2D eigenvalue weighted by Crippen LogP contribution is -2.33. The van der Waals surface area contributed by atoms with Crippen molar-refractivity contribution < 1.29 is 17.9 Å². The molecule has 0 unspecified atom stereocenters. The van der Waals surface area contributed by atoms with E-state index < -0.39 is 10.0 Å². The van der Waals surface area contributed by atoms with Crippen LogP contribution in [0.4, 0.5) is 0 Å². The Morgan fingerprint density at radius 2 is 1.69 bits per heavy atom. The van der Waals surface area contributed by atoms with Crippen molar-refractivity contribution in [2.45, 2.75) is 52.5 Å². The molecule has 1 aromatic carbocycles. The van der Waals surface area contributed by atoms with Crippen LogP contribution in [0.1, 0.15) is 58.8 Å². The molecule has 0 spiro atoms. The molecule has 0 saturated carbocycles. The van der Waals surface area contributed by atoms with E-state index >= 15 is 0 Å². The number of nitrogens with zero attached hydrogens (tertiary/aromatic N) is 1. The van der Waals surface area contributed by atoms with Crippen molar-refractivity contribution in [2.75, 3.05) is 19.4 Å². The van der Waals surface area contributed by atoms with Crippen molar-refractivity contribution in [3.63, 3.8) is 0 Å². The van der Waals surface area contributed by atoms with E-state index in [1.54, 1.807) is 17.3 Å². The summed E-state index contributed by atoms with van der Waals surface area (Å²) in [6, 6.07) is 11.9. The number of benzene rings is 1. The summed E-state index contributed by atoms with van der Waals surface area (Å²) in [4.78, 5) is 13.2. The maximum atomic E-state index is 12.6. The molecule has 29 heavy (non-hydrogen) atoms. The molecule has 0 bridgehead atoms. The molecule has 7 heteroatoms. The molecule has 0 atom stereocenters. The Morgan fingerprint density at radius 3 is 2.31 bits per heavy atom. The maximum Gasteiger partial charge on any atom is 0.348 e. The zero-order valence-electron chi connectivity index (χ0n) is 17.5. The summed E-state index contributed by atoms with van der Waals surface area (Å²) in [7, 11) is -1.92. The Hall–Kier alpha value is -1.70. The van der Waals surface area contributed by atoms with Gasteiger partial charge >= 0.3 is 5.97 Å². The predicted octanol–water partition coefficient (Wildman–Crippen LogP) is 4.66. The molecule has 0 aliphatic rings. The van der Waals surface area contributed by atoms with Crippen molar-refractivity contribution in [2.24, 2.45) is 0 Å². The SMILES string of the molecule is CCCCc1ccc(CN(CCCc2ccc(C(=O)OC)s2)S(=O)(=O)CC)cc1. The number of carbonyl (C=O) groups excluding carboxylic acids is 1. The highest BCUT2D eigenvalue weighted by atomic mass is 32.2. The number of methoxy groups -OCH3 is 1. The predicted molar refractivity (Wildman–Crippen MR) is 119 cm³/mol. The van der Waals surface area contributed by atoms with Gasteiger partial charge in [-0.1, -0.05) is 37.6 Å². The van der Waals surface area contributed by atoms with Crippen LogP contribution in [-0.4, -0.2) is 38.1 Å².